The number of rotatable bonds is 2. The molecule has 0 bridgehead atoms. The first-order valence-electron chi connectivity index (χ1n) is 7.57. The Kier molecular flexibility index (Phi) is 4.29. The van der Waals surface area contributed by atoms with Crippen LogP contribution in [0, 0.1) is 6.92 Å². The van der Waals surface area contributed by atoms with Crippen LogP contribution in [0.5, 0.6) is 0 Å². The zero-order chi connectivity index (χ0) is 17.6. The highest BCUT2D eigenvalue weighted by atomic mass is 79.9. The van der Waals surface area contributed by atoms with E-state index < -0.39 is 18.3 Å². The standard InChI is InChI=1S/C15H19BrFN5O2/c1-7-3-10-13(11(16)12(7)18)20-14(21(10)2)22-5-8(17)4-9(6-22)19-15(23)24/h3,8-9,19H,4-6,18H2,1-2H3,(H,23,24)/t8?,9-/m1/s1. The van der Waals surface area contributed by atoms with Crippen LogP contribution < -0.4 is 16.0 Å². The number of carboxylic acid groups (broad SMARTS) is 1. The third-order valence-corrected chi connectivity index (χ3v) is 5.15. The third kappa shape index (κ3) is 2.88. The molecule has 2 aromatic rings. The number of nitrogens with two attached hydrogens (primary N) is 1. The number of alkyl halides is 1. The van der Waals surface area contributed by atoms with Gasteiger partial charge in [0.15, 0.2) is 0 Å². The second-order valence-electron chi connectivity index (χ2n) is 6.14. The van der Waals surface area contributed by atoms with Crippen molar-refractivity contribution in [1.82, 2.24) is 14.9 Å². The number of piperidine rings is 1. The lowest BCUT2D eigenvalue weighted by molar-refractivity contribution is 0.180. The Labute approximate surface area is 146 Å². The highest BCUT2D eigenvalue weighted by Crippen LogP contribution is 2.34. The van der Waals surface area contributed by atoms with Crippen molar-refractivity contribution in [2.45, 2.75) is 25.6 Å². The van der Waals surface area contributed by atoms with Gasteiger partial charge in [-0.3, -0.25) is 0 Å². The monoisotopic (exact) mass is 399 g/mol. The van der Waals surface area contributed by atoms with Crippen molar-refractivity contribution < 1.29 is 14.3 Å². The molecule has 1 aromatic heterocycles. The van der Waals surface area contributed by atoms with Gasteiger partial charge in [0.2, 0.25) is 5.95 Å². The van der Waals surface area contributed by atoms with Crippen molar-refractivity contribution in [3.63, 3.8) is 0 Å². The smallest absolute Gasteiger partial charge is 0.404 e. The summed E-state index contributed by atoms with van der Waals surface area (Å²) in [6, 6.07) is 1.47. The molecule has 0 aliphatic carbocycles. The minimum absolute atomic E-state index is 0.169. The Morgan fingerprint density at radius 1 is 1.54 bits per heavy atom. The van der Waals surface area contributed by atoms with Gasteiger partial charge in [-0.2, -0.15) is 0 Å². The van der Waals surface area contributed by atoms with Crippen LogP contribution in [0.4, 0.5) is 20.8 Å². The van der Waals surface area contributed by atoms with Gasteiger partial charge in [0.25, 0.3) is 0 Å². The normalized spacial score (nSPS) is 21.2. The number of nitrogen functional groups attached to an aromatic ring is 1. The van der Waals surface area contributed by atoms with E-state index in [0.29, 0.717) is 28.2 Å². The van der Waals surface area contributed by atoms with Crippen molar-refractivity contribution in [2.75, 3.05) is 23.7 Å². The summed E-state index contributed by atoms with van der Waals surface area (Å²) in [5.41, 5.74) is 9.18. The Morgan fingerprint density at radius 3 is 2.92 bits per heavy atom. The molecule has 1 saturated heterocycles. The number of nitrogens with one attached hydrogen (secondary N) is 1. The maximum Gasteiger partial charge on any atom is 0.404 e. The van der Waals surface area contributed by atoms with Gasteiger partial charge >= 0.3 is 6.09 Å². The number of aromatic nitrogens is 2. The second kappa shape index (κ2) is 6.12. The van der Waals surface area contributed by atoms with Crippen LogP contribution in [0.25, 0.3) is 11.0 Å². The van der Waals surface area contributed by atoms with Gasteiger partial charge in [-0.25, -0.2) is 14.2 Å². The van der Waals surface area contributed by atoms with Gasteiger partial charge in [0.05, 0.1) is 28.3 Å². The number of amides is 1. The number of aryl methyl sites for hydroxylation is 2. The third-order valence-electron chi connectivity index (χ3n) is 4.35. The number of carbonyl (C=O) groups is 1. The summed E-state index contributed by atoms with van der Waals surface area (Å²) in [7, 11) is 1.86. The van der Waals surface area contributed by atoms with Crippen LogP contribution in [-0.4, -0.2) is 46.1 Å². The number of anilines is 2. The maximum atomic E-state index is 14.1. The van der Waals surface area contributed by atoms with Crippen molar-refractivity contribution in [1.29, 1.82) is 0 Å². The highest BCUT2D eigenvalue weighted by Gasteiger charge is 2.31. The molecule has 1 amide bonds. The molecular formula is C15H19BrFN5O2. The number of imidazole rings is 1. The number of fused-ring (bicyclic) bond motifs is 1. The summed E-state index contributed by atoms with van der Waals surface area (Å²) in [5.74, 6) is 0.593. The lowest BCUT2D eigenvalue weighted by Gasteiger charge is -2.35. The van der Waals surface area contributed by atoms with Gasteiger partial charge in [-0.05, 0) is 34.5 Å². The predicted molar refractivity (Wildman–Crippen MR) is 94.2 cm³/mol. The molecule has 0 saturated carbocycles. The Balaban J connectivity index is 2.01. The van der Waals surface area contributed by atoms with Crippen LogP contribution >= 0.6 is 15.9 Å². The van der Waals surface area contributed by atoms with Crippen LogP contribution in [-0.2, 0) is 7.05 Å². The molecule has 9 heteroatoms. The highest BCUT2D eigenvalue weighted by molar-refractivity contribution is 9.10. The maximum absolute atomic E-state index is 14.1. The largest absolute Gasteiger partial charge is 0.465 e. The lowest BCUT2D eigenvalue weighted by Crippen LogP contribution is -2.52. The van der Waals surface area contributed by atoms with E-state index in [-0.39, 0.29) is 13.0 Å². The van der Waals surface area contributed by atoms with E-state index in [9.17, 15) is 9.18 Å². The molecular weight excluding hydrogens is 381 g/mol. The molecule has 2 heterocycles. The van der Waals surface area contributed by atoms with Crippen molar-refractivity contribution >= 4 is 44.7 Å². The molecule has 2 atom stereocenters. The minimum atomic E-state index is -1.15. The number of hydrogen-bond acceptors (Lipinski definition) is 4. The summed E-state index contributed by atoms with van der Waals surface area (Å²) < 4.78 is 16.7. The zero-order valence-corrected chi connectivity index (χ0v) is 15.0. The topological polar surface area (TPSA) is 96.4 Å². The molecule has 0 spiro atoms. The van der Waals surface area contributed by atoms with E-state index >= 15 is 0 Å². The first kappa shape index (κ1) is 16.8. The van der Waals surface area contributed by atoms with Crippen LogP contribution in [0.1, 0.15) is 12.0 Å². The van der Waals surface area contributed by atoms with Gasteiger partial charge in [-0.1, -0.05) is 0 Å². The average molecular weight is 400 g/mol. The van der Waals surface area contributed by atoms with Gasteiger partial charge in [0, 0.05) is 20.0 Å². The zero-order valence-electron chi connectivity index (χ0n) is 13.4. The number of halogens is 2. The first-order valence-corrected chi connectivity index (χ1v) is 8.36. The molecule has 24 heavy (non-hydrogen) atoms. The summed E-state index contributed by atoms with van der Waals surface area (Å²) in [4.78, 5) is 17.2. The van der Waals surface area contributed by atoms with Crippen molar-refractivity contribution in [2.24, 2.45) is 7.05 Å². The molecule has 130 valence electrons. The fraction of sp³-hybridized carbons (Fsp3) is 0.467. The quantitative estimate of drug-likeness (QED) is 0.673. The van der Waals surface area contributed by atoms with Crippen LogP contribution in [0.15, 0.2) is 10.5 Å². The number of nitrogens with zero attached hydrogens (tertiary/aromatic N) is 3. The van der Waals surface area contributed by atoms with E-state index in [0.717, 1.165) is 11.1 Å². The second-order valence-corrected chi connectivity index (χ2v) is 6.94. The number of benzene rings is 1. The Bertz CT molecular complexity index is 809. The van der Waals surface area contributed by atoms with Crippen LogP contribution in [0.3, 0.4) is 0 Å². The molecule has 1 aromatic carbocycles. The Morgan fingerprint density at radius 2 is 2.25 bits per heavy atom. The molecule has 4 N–H and O–H groups in total. The summed E-state index contributed by atoms with van der Waals surface area (Å²) in [5, 5.41) is 11.2. The SMILES string of the molecule is Cc1cc2c(nc(N3CC(F)C[C@@H](NC(=O)O)C3)n2C)c(Br)c1N. The number of hydrogen-bond donors (Lipinski definition) is 3. The van der Waals surface area contributed by atoms with E-state index in [1.165, 1.54) is 0 Å². The summed E-state index contributed by atoms with van der Waals surface area (Å²) in [6.45, 7) is 2.47. The van der Waals surface area contributed by atoms with E-state index in [2.05, 4.69) is 26.2 Å². The fourth-order valence-corrected chi connectivity index (χ4v) is 3.78. The molecule has 3 rings (SSSR count). The lowest BCUT2D eigenvalue weighted by atomic mass is 10.0. The van der Waals surface area contributed by atoms with Gasteiger partial charge in [0.1, 0.15) is 11.7 Å². The molecule has 7 nitrogen and oxygen atoms in total. The summed E-state index contributed by atoms with van der Waals surface area (Å²) >= 11 is 3.48. The first-order chi connectivity index (χ1) is 11.3. The van der Waals surface area contributed by atoms with Crippen molar-refractivity contribution in [3.05, 3.63) is 16.1 Å². The Hall–Kier alpha value is -2.03. The van der Waals surface area contributed by atoms with Gasteiger partial charge in [-0.15, -0.1) is 0 Å². The minimum Gasteiger partial charge on any atom is -0.465 e. The van der Waals surface area contributed by atoms with Crippen molar-refractivity contribution in [3.8, 4) is 0 Å². The molecule has 0 radical (unpaired) electrons. The molecule has 1 aliphatic heterocycles. The summed E-state index contributed by atoms with van der Waals surface area (Å²) in [6.07, 6.45) is -2.10. The molecule has 1 fully saturated rings. The van der Waals surface area contributed by atoms with E-state index in [4.69, 9.17) is 10.8 Å². The fourth-order valence-electron chi connectivity index (χ4n) is 3.17. The average Bonchev–Trinajstić information content (AvgIpc) is 2.81. The molecule has 1 aliphatic rings. The predicted octanol–water partition coefficient (Wildman–Crippen LogP) is 2.41. The van der Waals surface area contributed by atoms with Crippen LogP contribution in [0.2, 0.25) is 0 Å². The molecule has 1 unspecified atom stereocenters. The van der Waals surface area contributed by atoms with Gasteiger partial charge < -0.3 is 25.6 Å². The van der Waals surface area contributed by atoms with E-state index in [1.54, 1.807) is 4.90 Å². The van der Waals surface area contributed by atoms with E-state index in [1.807, 2.05) is 24.6 Å².